The van der Waals surface area contributed by atoms with Gasteiger partial charge in [0.05, 0.1) is 13.2 Å². The number of ether oxygens (including phenoxy) is 7. The zero-order valence-electron chi connectivity index (χ0n) is 59.8. The SMILES string of the molecule is CCCCCCCCCCCCCCCCC(=O)OCC1OC(OC2C(O)C(O)C(O)C(OC3OC(CO)C(O)C(O)C3O)C2OP(=O)(O)OCC(COC(=O)CCCCCCCCC(C)CCCCCCCC)OC(=O)CCCCCCCCCCCCCC)C(O)C(O)C1O. The van der Waals surface area contributed by atoms with Crippen LogP contribution in [0.3, 0.4) is 0 Å². The summed E-state index contributed by atoms with van der Waals surface area (Å²) in [5.41, 5.74) is 0. The van der Waals surface area contributed by atoms with Gasteiger partial charge in [-0.2, -0.15) is 0 Å². The predicted octanol–water partition coefficient (Wildman–Crippen LogP) is 10.4. The van der Waals surface area contributed by atoms with Crippen LogP contribution in [0.1, 0.15) is 304 Å². The van der Waals surface area contributed by atoms with Gasteiger partial charge in [-0.25, -0.2) is 4.57 Å². The zero-order valence-corrected chi connectivity index (χ0v) is 60.7. The molecule has 19 atom stereocenters. The van der Waals surface area contributed by atoms with Gasteiger partial charge >= 0.3 is 25.7 Å². The number of phosphoric acid groups is 1. The molecule has 11 N–H and O–H groups in total. The molecule has 0 amide bonds. The Labute approximate surface area is 580 Å². The largest absolute Gasteiger partial charge is 0.472 e. The molecule has 3 aliphatic rings. The van der Waals surface area contributed by atoms with Gasteiger partial charge in [-0.3, -0.25) is 23.4 Å². The summed E-state index contributed by atoms with van der Waals surface area (Å²) in [6.45, 7) is 5.78. The van der Waals surface area contributed by atoms with Crippen LogP contribution >= 0.6 is 7.82 Å². The van der Waals surface area contributed by atoms with Crippen LogP contribution < -0.4 is 0 Å². The molecule has 2 aliphatic heterocycles. The first kappa shape index (κ1) is 89.2. The van der Waals surface area contributed by atoms with Crippen LogP contribution in [0.2, 0.25) is 0 Å². The minimum absolute atomic E-state index is 0.0333. The lowest BCUT2D eigenvalue weighted by atomic mass is 9.84. The molecule has 3 fully saturated rings. The van der Waals surface area contributed by atoms with E-state index in [-0.39, 0.29) is 19.3 Å². The summed E-state index contributed by atoms with van der Waals surface area (Å²) in [5.74, 6) is -1.28. The Morgan fingerprint density at radius 1 is 0.392 bits per heavy atom. The van der Waals surface area contributed by atoms with E-state index in [0.717, 1.165) is 96.3 Å². The molecule has 0 bridgehead atoms. The van der Waals surface area contributed by atoms with Crippen molar-refractivity contribution in [2.45, 2.75) is 408 Å². The molecule has 0 aromatic carbocycles. The second-order valence-electron chi connectivity index (χ2n) is 28.0. The Morgan fingerprint density at radius 2 is 0.722 bits per heavy atom. The summed E-state index contributed by atoms with van der Waals surface area (Å²) in [6.07, 6.45) is 8.89. The third-order valence-electron chi connectivity index (χ3n) is 19.3. The molecule has 0 radical (unpaired) electrons. The normalized spacial score (nSPS) is 28.1. The first-order valence-electron chi connectivity index (χ1n) is 38.2. The van der Waals surface area contributed by atoms with E-state index in [1.165, 1.54) is 141 Å². The number of aliphatic hydroxyl groups is 10. The fourth-order valence-electron chi connectivity index (χ4n) is 12.9. The first-order chi connectivity index (χ1) is 46.7. The third kappa shape index (κ3) is 37.3. The maximum atomic E-state index is 14.3. The van der Waals surface area contributed by atoms with E-state index in [1.807, 2.05) is 0 Å². The number of rotatable bonds is 59. The average Bonchev–Trinajstić information content (AvgIpc) is 0.764. The van der Waals surface area contributed by atoms with Crippen LogP contribution in [0.5, 0.6) is 0 Å². The van der Waals surface area contributed by atoms with E-state index >= 15 is 0 Å². The van der Waals surface area contributed by atoms with Crippen LogP contribution in [-0.4, -0.2) is 204 Å². The fourth-order valence-corrected chi connectivity index (χ4v) is 13.9. The molecule has 25 heteroatoms. The van der Waals surface area contributed by atoms with Gasteiger partial charge in [0.1, 0.15) is 98.7 Å². The van der Waals surface area contributed by atoms with Gasteiger partial charge in [0.25, 0.3) is 0 Å². The Kier molecular flexibility index (Phi) is 49.4. The summed E-state index contributed by atoms with van der Waals surface area (Å²) in [5, 5.41) is 110. The molecule has 3 rings (SSSR count). The van der Waals surface area contributed by atoms with Crippen molar-refractivity contribution in [3.63, 3.8) is 0 Å². The van der Waals surface area contributed by atoms with Gasteiger partial charge in [-0.15, -0.1) is 0 Å². The van der Waals surface area contributed by atoms with Crippen molar-refractivity contribution < 1.29 is 117 Å². The Bertz CT molecular complexity index is 2030. The molecule has 0 aromatic rings. The molecule has 2 saturated heterocycles. The fraction of sp³-hybridized carbons (Fsp3) is 0.958. The van der Waals surface area contributed by atoms with E-state index in [1.54, 1.807) is 0 Å². The van der Waals surface area contributed by atoms with Crippen LogP contribution in [-0.2, 0) is 61.2 Å². The Balaban J connectivity index is 1.73. The lowest BCUT2D eigenvalue weighted by Gasteiger charge is -2.49. The van der Waals surface area contributed by atoms with Crippen LogP contribution in [0, 0.1) is 5.92 Å². The van der Waals surface area contributed by atoms with Crippen molar-refractivity contribution in [2.24, 2.45) is 5.92 Å². The van der Waals surface area contributed by atoms with E-state index in [0.29, 0.717) is 25.2 Å². The highest BCUT2D eigenvalue weighted by molar-refractivity contribution is 7.47. The van der Waals surface area contributed by atoms with E-state index in [4.69, 9.17) is 42.2 Å². The highest BCUT2D eigenvalue weighted by Crippen LogP contribution is 2.49. The van der Waals surface area contributed by atoms with E-state index in [2.05, 4.69) is 27.7 Å². The minimum atomic E-state index is -5.69. The molecular weight excluding hydrogens is 1280 g/mol. The molecule has 97 heavy (non-hydrogen) atoms. The maximum Gasteiger partial charge on any atom is 0.472 e. The van der Waals surface area contributed by atoms with E-state index in [9.17, 15) is 74.9 Å². The smallest absolute Gasteiger partial charge is 0.463 e. The zero-order chi connectivity index (χ0) is 71.2. The topological polar surface area (TPSA) is 374 Å². The number of hydrogen-bond acceptors (Lipinski definition) is 23. The van der Waals surface area contributed by atoms with Crippen molar-refractivity contribution in [1.29, 1.82) is 0 Å². The molecule has 24 nitrogen and oxygen atoms in total. The highest BCUT2D eigenvalue weighted by atomic mass is 31.2. The second-order valence-corrected chi connectivity index (χ2v) is 29.4. The predicted molar refractivity (Wildman–Crippen MR) is 365 cm³/mol. The second kappa shape index (κ2) is 53.7. The van der Waals surface area contributed by atoms with Crippen molar-refractivity contribution in [1.82, 2.24) is 0 Å². The van der Waals surface area contributed by atoms with E-state index < -0.39 is 156 Å². The van der Waals surface area contributed by atoms with Crippen molar-refractivity contribution in [2.75, 3.05) is 26.4 Å². The molecule has 1 aliphatic carbocycles. The maximum absolute atomic E-state index is 14.3. The Hall–Kier alpha value is -2.04. The molecule has 0 aromatic heterocycles. The van der Waals surface area contributed by atoms with Crippen molar-refractivity contribution in [3.8, 4) is 0 Å². The molecular formula is C72H135O24P. The molecule has 572 valence electrons. The summed E-state index contributed by atoms with van der Waals surface area (Å²) < 4.78 is 65.1. The van der Waals surface area contributed by atoms with Crippen LogP contribution in [0.25, 0.3) is 0 Å². The number of unbranched alkanes of at least 4 members (excludes halogenated alkanes) is 34. The summed E-state index contributed by atoms with van der Waals surface area (Å²) in [7, 11) is -5.69. The number of phosphoric ester groups is 1. The first-order valence-corrected chi connectivity index (χ1v) is 39.7. The lowest BCUT2D eigenvalue weighted by molar-refractivity contribution is -0.360. The van der Waals surface area contributed by atoms with Crippen LogP contribution in [0.15, 0.2) is 0 Å². The summed E-state index contributed by atoms with van der Waals surface area (Å²) in [4.78, 5) is 51.0. The van der Waals surface area contributed by atoms with Gasteiger partial charge in [-0.1, -0.05) is 265 Å². The lowest BCUT2D eigenvalue weighted by Crippen LogP contribution is -2.69. The number of esters is 3. The van der Waals surface area contributed by atoms with Crippen molar-refractivity contribution in [3.05, 3.63) is 0 Å². The summed E-state index contributed by atoms with van der Waals surface area (Å²) >= 11 is 0. The number of carbonyl (C=O) groups is 3. The molecule has 0 spiro atoms. The molecule has 2 heterocycles. The van der Waals surface area contributed by atoms with Gasteiger partial charge in [0.15, 0.2) is 18.7 Å². The van der Waals surface area contributed by atoms with Gasteiger partial charge in [0, 0.05) is 19.3 Å². The molecule has 1 saturated carbocycles. The summed E-state index contributed by atoms with van der Waals surface area (Å²) in [6, 6.07) is 0. The number of carbonyl (C=O) groups excluding carboxylic acids is 3. The quantitative estimate of drug-likeness (QED) is 0.0117. The van der Waals surface area contributed by atoms with Crippen molar-refractivity contribution >= 4 is 25.7 Å². The molecule has 19 unspecified atom stereocenters. The standard InChI is InChI=1S/C72H135O24P/c1-5-8-11-14-17-19-21-23-24-26-27-29-35-41-46-57(75)89-51-55-60(78)62(80)67(85)72(93-55)95-69-65(83)63(81)64(82)68(94-71-66(84)61(79)59(77)54(48-73)92-71)70(69)96-97(86,87)90-50-53(91-58(76)47-42-37-30-28-25-22-20-18-15-12-9-6-2)49-88-56(74)45-40-36-32-31-34-39-44-52(4)43-38-33-16-13-10-7-3/h52-55,59-73,77-85H,5-51H2,1-4H3,(H,86,87). The minimum Gasteiger partial charge on any atom is -0.463 e. The third-order valence-corrected chi connectivity index (χ3v) is 20.3. The average molecular weight is 1420 g/mol. The Morgan fingerprint density at radius 3 is 1.11 bits per heavy atom. The van der Waals surface area contributed by atoms with Gasteiger partial charge < -0.3 is 89.1 Å². The monoisotopic (exact) mass is 1410 g/mol. The number of hydrogen-bond donors (Lipinski definition) is 11. The van der Waals surface area contributed by atoms with Crippen LogP contribution in [0.4, 0.5) is 0 Å². The highest BCUT2D eigenvalue weighted by Gasteiger charge is 2.58. The number of aliphatic hydroxyl groups excluding tert-OH is 10. The van der Waals surface area contributed by atoms with Gasteiger partial charge in [-0.05, 0) is 25.2 Å². The van der Waals surface area contributed by atoms with Gasteiger partial charge in [0.2, 0.25) is 0 Å².